The van der Waals surface area contributed by atoms with Crippen LogP contribution in [-0.4, -0.2) is 70.7 Å². The van der Waals surface area contributed by atoms with E-state index in [0.29, 0.717) is 100 Å². The summed E-state index contributed by atoms with van der Waals surface area (Å²) in [4.78, 5) is 55.6. The normalized spacial score (nSPS) is 13.1. The highest BCUT2D eigenvalue weighted by Gasteiger charge is 2.39. The van der Waals surface area contributed by atoms with Gasteiger partial charge in [-0.15, -0.1) is 0 Å². The minimum absolute atomic E-state index is 0.0757. The molecule has 0 saturated carbocycles. The monoisotopic (exact) mass is 1290 g/mol. The van der Waals surface area contributed by atoms with Crippen LogP contribution in [0.4, 0.5) is 0 Å². The molecule has 0 saturated heterocycles. The molecule has 93 heavy (non-hydrogen) atoms. The summed E-state index contributed by atoms with van der Waals surface area (Å²) in [6, 6.07) is 16.5. The van der Waals surface area contributed by atoms with Gasteiger partial charge in [-0.25, -0.2) is 0 Å². The molecular weight excluding hydrogens is 1160 g/mol. The molecular formula is C81H124O12. The zero-order valence-corrected chi connectivity index (χ0v) is 62.3. The quantitative estimate of drug-likeness (QED) is 0.0240. The number of rotatable bonds is 28. The van der Waals surface area contributed by atoms with Crippen LogP contribution in [0.5, 0.6) is 23.0 Å². The second-order valence-corrected chi connectivity index (χ2v) is 35.1. The van der Waals surface area contributed by atoms with E-state index in [4.69, 9.17) is 18.9 Å². The van der Waals surface area contributed by atoms with E-state index >= 15 is 0 Å². The van der Waals surface area contributed by atoms with E-state index in [2.05, 4.69) is 215 Å². The van der Waals surface area contributed by atoms with Crippen LogP contribution in [0, 0.1) is 5.41 Å². The van der Waals surface area contributed by atoms with Crippen molar-refractivity contribution >= 4 is 23.9 Å². The molecule has 0 spiro atoms. The van der Waals surface area contributed by atoms with Crippen LogP contribution in [0.3, 0.4) is 0 Å². The lowest BCUT2D eigenvalue weighted by Crippen LogP contribution is -2.44. The summed E-state index contributed by atoms with van der Waals surface area (Å²) in [6.45, 7) is 48.5. The Morgan fingerprint density at radius 3 is 0.527 bits per heavy atom. The smallest absolute Gasteiger partial charge is 0.305 e. The molecule has 0 aliphatic carbocycles. The average Bonchev–Trinajstić information content (AvgIpc) is 0.811. The Hall–Kier alpha value is -6.04. The maximum absolute atomic E-state index is 13.9. The number of phenolic OH excluding ortho intramolecular Hbond substituents is 4. The van der Waals surface area contributed by atoms with Crippen molar-refractivity contribution in [2.24, 2.45) is 5.41 Å². The van der Waals surface area contributed by atoms with Crippen molar-refractivity contribution in [3.8, 4) is 23.0 Å². The van der Waals surface area contributed by atoms with Gasteiger partial charge < -0.3 is 39.4 Å². The lowest BCUT2D eigenvalue weighted by Gasteiger charge is -2.31. The molecule has 0 radical (unpaired) electrons. The molecule has 0 amide bonds. The van der Waals surface area contributed by atoms with Crippen LogP contribution in [0.1, 0.15) is 310 Å². The van der Waals surface area contributed by atoms with E-state index in [9.17, 15) is 39.6 Å². The third-order valence-electron chi connectivity index (χ3n) is 17.7. The first-order chi connectivity index (χ1) is 42.4. The highest BCUT2D eigenvalue weighted by molar-refractivity contribution is 5.71. The van der Waals surface area contributed by atoms with E-state index in [1.165, 1.54) is 0 Å². The number of ether oxygens (including phenoxy) is 4. The lowest BCUT2D eigenvalue weighted by atomic mass is 9.78. The fourth-order valence-electron chi connectivity index (χ4n) is 11.8. The Kier molecular flexibility index (Phi) is 27.0. The van der Waals surface area contributed by atoms with Crippen LogP contribution in [0.15, 0.2) is 48.5 Å². The molecule has 0 aliphatic heterocycles. The predicted octanol–water partition coefficient (Wildman–Crippen LogP) is 19.0. The molecule has 4 N–H and O–H groups in total. The first-order valence-electron chi connectivity index (χ1n) is 34.5. The first-order valence-corrected chi connectivity index (χ1v) is 34.5. The van der Waals surface area contributed by atoms with Gasteiger partial charge in [0.1, 0.15) is 54.8 Å². The van der Waals surface area contributed by atoms with Crippen LogP contribution >= 0.6 is 0 Å². The topological polar surface area (TPSA) is 186 Å². The summed E-state index contributed by atoms with van der Waals surface area (Å²) in [5, 5.41) is 45.4. The number of carbonyl (C=O) groups is 4. The number of hydrogen-bond donors (Lipinski definition) is 4. The fourth-order valence-corrected chi connectivity index (χ4v) is 11.8. The molecule has 12 heteroatoms. The Balaban J connectivity index is 1.61. The van der Waals surface area contributed by atoms with Crippen LogP contribution in [-0.2, 0) is 107 Å². The van der Waals surface area contributed by atoms with Crippen LogP contribution < -0.4 is 0 Å². The molecule has 0 bridgehead atoms. The molecule has 0 aromatic heterocycles. The van der Waals surface area contributed by atoms with E-state index in [-0.39, 0.29) is 95.4 Å². The number of carbonyl (C=O) groups excluding carboxylic acids is 4. The summed E-state index contributed by atoms with van der Waals surface area (Å²) < 4.78 is 24.3. The fraction of sp³-hybridized carbons (Fsp3) is 0.654. The Morgan fingerprint density at radius 2 is 0.398 bits per heavy atom. The number of unbranched alkanes of at least 4 members (excludes halogenated alkanes) is 4. The van der Waals surface area contributed by atoms with Gasteiger partial charge in [0.05, 0.1) is 0 Å². The van der Waals surface area contributed by atoms with Gasteiger partial charge in [-0.3, -0.25) is 19.2 Å². The van der Waals surface area contributed by atoms with Crippen molar-refractivity contribution in [2.45, 2.75) is 312 Å². The van der Waals surface area contributed by atoms with Gasteiger partial charge in [0, 0.05) is 25.7 Å². The highest BCUT2D eigenvalue weighted by atomic mass is 16.6. The molecule has 520 valence electrons. The second-order valence-electron chi connectivity index (χ2n) is 35.1. The Labute approximate surface area is 562 Å². The van der Waals surface area contributed by atoms with Gasteiger partial charge in [-0.05, 0) is 187 Å². The minimum Gasteiger partial charge on any atom is -0.507 e. The first kappa shape index (κ1) is 79.4. The molecule has 4 aromatic rings. The van der Waals surface area contributed by atoms with E-state index < -0.39 is 29.3 Å². The number of phenols is 4. The summed E-state index contributed by atoms with van der Waals surface area (Å²) in [6.07, 6.45) is 7.65. The third-order valence-corrected chi connectivity index (χ3v) is 17.7. The van der Waals surface area contributed by atoms with Gasteiger partial charge in [-0.1, -0.05) is 215 Å². The maximum Gasteiger partial charge on any atom is 0.305 e. The zero-order chi connectivity index (χ0) is 70.7. The summed E-state index contributed by atoms with van der Waals surface area (Å²) in [7, 11) is 0. The van der Waals surface area contributed by atoms with Gasteiger partial charge in [-0.2, -0.15) is 0 Å². The van der Waals surface area contributed by atoms with Crippen molar-refractivity contribution in [2.75, 3.05) is 26.4 Å². The van der Waals surface area contributed by atoms with Crippen LogP contribution in [0.25, 0.3) is 0 Å². The van der Waals surface area contributed by atoms with Crippen molar-refractivity contribution in [3.63, 3.8) is 0 Å². The van der Waals surface area contributed by atoms with Crippen molar-refractivity contribution in [3.05, 3.63) is 115 Å². The number of aryl methyl sites for hydroxylation is 4. The maximum atomic E-state index is 13.9. The molecule has 0 unspecified atom stereocenters. The largest absolute Gasteiger partial charge is 0.507 e. The molecule has 4 rings (SSSR count). The Morgan fingerprint density at radius 1 is 0.258 bits per heavy atom. The summed E-state index contributed by atoms with van der Waals surface area (Å²) >= 11 is 0. The van der Waals surface area contributed by atoms with Crippen molar-refractivity contribution in [1.82, 2.24) is 0 Å². The Bertz CT molecular complexity index is 2610. The molecule has 0 aliphatic rings. The molecule has 12 nitrogen and oxygen atoms in total. The van der Waals surface area contributed by atoms with Gasteiger partial charge in [0.25, 0.3) is 0 Å². The second kappa shape index (κ2) is 31.7. The van der Waals surface area contributed by atoms with Gasteiger partial charge >= 0.3 is 23.9 Å². The SMILES string of the molecule is CC(C)(C)c1cc(CCCCC(=O)OCC(COC(=O)CCCCc2cc(C(C)(C)C)c(O)c(C(C)(C)C)c2)(COC(=O)CCCCc2cc(C(C)(C)C)c(O)c(C(C)(C)C)c2)COC(=O)CCCCc2cc(C(C)(C)C)c(O)c(C(C)(C)C)c2)cc(C(C)(C)C)c1O. The van der Waals surface area contributed by atoms with Crippen molar-refractivity contribution < 1.29 is 58.6 Å². The van der Waals surface area contributed by atoms with Gasteiger partial charge in [0.15, 0.2) is 0 Å². The molecule has 0 fully saturated rings. The van der Waals surface area contributed by atoms with Crippen LogP contribution in [0.2, 0.25) is 0 Å². The minimum atomic E-state index is -1.47. The van der Waals surface area contributed by atoms with Crippen molar-refractivity contribution in [1.29, 1.82) is 0 Å². The number of esters is 4. The molecule has 0 atom stereocenters. The average molecular weight is 1290 g/mol. The standard InChI is InChI=1S/C81H124O12/c1-73(2,3)57-41-53(42-58(69(57)86)74(4,5)6)33-25-29-37-65(82)90-49-81(50-91-66(83)38-30-26-34-54-43-59(75(7,8)9)70(87)60(44-54)76(10,11)12,51-92-67(84)39-31-27-35-55-45-61(77(13,14)15)71(88)62(46-55)78(16,17)18)52-93-68(85)40-32-28-36-56-47-63(79(19,20)21)72(89)64(48-56)80(22,23)24/h41-48,86-89H,25-40,49-52H2,1-24H3. The lowest BCUT2D eigenvalue weighted by molar-refractivity contribution is -0.170. The summed E-state index contributed by atoms with van der Waals surface area (Å²) in [5.74, 6) is -0.766. The predicted molar refractivity (Wildman–Crippen MR) is 379 cm³/mol. The summed E-state index contributed by atoms with van der Waals surface area (Å²) in [5.41, 5.74) is 7.46. The van der Waals surface area contributed by atoms with E-state index in [1.54, 1.807) is 0 Å². The number of benzene rings is 4. The van der Waals surface area contributed by atoms with Gasteiger partial charge in [0.2, 0.25) is 0 Å². The number of aromatic hydroxyl groups is 4. The number of hydrogen-bond acceptors (Lipinski definition) is 12. The molecule has 0 heterocycles. The zero-order valence-electron chi connectivity index (χ0n) is 62.3. The van der Waals surface area contributed by atoms with E-state index in [0.717, 1.165) is 66.8 Å². The molecule has 4 aromatic carbocycles. The highest BCUT2D eigenvalue weighted by Crippen LogP contribution is 2.44. The third kappa shape index (κ3) is 24.3. The van der Waals surface area contributed by atoms with E-state index in [1.807, 2.05) is 0 Å².